The average Bonchev–Trinajstić information content (AvgIpc) is 2.86. The van der Waals surface area contributed by atoms with Crippen LogP contribution in [-0.2, 0) is 19.6 Å². The highest BCUT2D eigenvalue weighted by Crippen LogP contribution is 2.35. The molecule has 10 heteroatoms. The molecule has 0 aliphatic heterocycles. The van der Waals surface area contributed by atoms with Crippen LogP contribution in [0.25, 0.3) is 0 Å². The molecule has 0 radical (unpaired) electrons. The first-order valence-electron chi connectivity index (χ1n) is 10.5. The van der Waals surface area contributed by atoms with Gasteiger partial charge in [0.15, 0.2) is 0 Å². The number of methoxy groups -OCH3 is 3. The van der Waals surface area contributed by atoms with Gasteiger partial charge in [0.05, 0.1) is 37.5 Å². The van der Waals surface area contributed by atoms with Crippen LogP contribution in [0, 0.1) is 6.92 Å². The number of carbonyl (C=O) groups is 2. The zero-order valence-corrected chi connectivity index (χ0v) is 20.6. The molecule has 0 unspecified atom stereocenters. The van der Waals surface area contributed by atoms with E-state index in [-0.39, 0.29) is 21.9 Å². The van der Waals surface area contributed by atoms with E-state index in [1.165, 1.54) is 51.7 Å². The van der Waals surface area contributed by atoms with E-state index in [4.69, 9.17) is 14.2 Å². The minimum atomic E-state index is -4.18. The summed E-state index contributed by atoms with van der Waals surface area (Å²) in [6.07, 6.45) is 0. The monoisotopic (exact) mass is 498 g/mol. The number of nitrogens with zero attached hydrogens (tertiary/aromatic N) is 1. The summed E-state index contributed by atoms with van der Waals surface area (Å²) in [6, 6.07) is 17.1. The topological polar surface area (TPSA) is 111 Å². The lowest BCUT2D eigenvalue weighted by atomic mass is 10.2. The molecule has 1 amide bonds. The normalized spacial score (nSPS) is 10.9. The number of amides is 1. The summed E-state index contributed by atoms with van der Waals surface area (Å²) in [5, 5.41) is 2.64. The summed E-state index contributed by atoms with van der Waals surface area (Å²) >= 11 is 0. The Morgan fingerprint density at radius 3 is 2.26 bits per heavy atom. The van der Waals surface area contributed by atoms with Gasteiger partial charge in [-0.25, -0.2) is 13.2 Å². The third kappa shape index (κ3) is 5.90. The van der Waals surface area contributed by atoms with E-state index in [0.717, 1.165) is 9.87 Å². The van der Waals surface area contributed by atoms with E-state index in [2.05, 4.69) is 5.32 Å². The fourth-order valence-corrected chi connectivity index (χ4v) is 4.72. The number of nitrogens with one attached hydrogen (secondary N) is 1. The number of sulfonamides is 1. The van der Waals surface area contributed by atoms with Gasteiger partial charge in [0.1, 0.15) is 18.0 Å². The van der Waals surface area contributed by atoms with Crippen LogP contribution in [0.4, 0.5) is 11.4 Å². The van der Waals surface area contributed by atoms with Crippen molar-refractivity contribution in [3.05, 3.63) is 77.9 Å². The number of esters is 1. The fourth-order valence-electron chi connectivity index (χ4n) is 3.30. The summed E-state index contributed by atoms with van der Waals surface area (Å²) in [5.41, 5.74) is 1.57. The molecule has 3 aromatic carbocycles. The van der Waals surface area contributed by atoms with Crippen molar-refractivity contribution in [2.75, 3.05) is 37.5 Å². The second-order valence-electron chi connectivity index (χ2n) is 7.48. The highest BCUT2D eigenvalue weighted by Gasteiger charge is 2.30. The van der Waals surface area contributed by atoms with Crippen LogP contribution in [0.2, 0.25) is 0 Å². The Balaban J connectivity index is 2.02. The summed E-state index contributed by atoms with van der Waals surface area (Å²) in [6.45, 7) is 1.28. The lowest BCUT2D eigenvalue weighted by Gasteiger charge is -2.26. The summed E-state index contributed by atoms with van der Waals surface area (Å²) in [7, 11) is -0.0727. The molecule has 0 atom stereocenters. The van der Waals surface area contributed by atoms with Crippen LogP contribution in [-0.4, -0.2) is 48.2 Å². The quantitative estimate of drug-likeness (QED) is 0.449. The molecule has 3 rings (SSSR count). The van der Waals surface area contributed by atoms with Gasteiger partial charge in [0, 0.05) is 11.8 Å². The molecule has 184 valence electrons. The SMILES string of the molecule is COC(=O)c1cccc(NC(=O)CN(c2cc(OC)ccc2OC)S(=O)(=O)c2ccc(C)cc2)c1. The van der Waals surface area contributed by atoms with Crippen molar-refractivity contribution in [3.63, 3.8) is 0 Å². The van der Waals surface area contributed by atoms with Crippen molar-refractivity contribution >= 4 is 33.3 Å². The zero-order valence-electron chi connectivity index (χ0n) is 19.8. The maximum Gasteiger partial charge on any atom is 0.337 e. The first-order valence-corrected chi connectivity index (χ1v) is 11.9. The molecular formula is C25H26N2O7S. The number of benzene rings is 3. The molecule has 0 saturated heterocycles. The van der Waals surface area contributed by atoms with Crippen molar-refractivity contribution in [2.45, 2.75) is 11.8 Å². The predicted octanol–water partition coefficient (Wildman–Crippen LogP) is 3.63. The molecule has 9 nitrogen and oxygen atoms in total. The molecule has 0 spiro atoms. The summed E-state index contributed by atoms with van der Waals surface area (Å²) in [5.74, 6) is -0.573. The van der Waals surface area contributed by atoms with E-state index in [1.807, 2.05) is 6.92 Å². The van der Waals surface area contributed by atoms with Crippen LogP contribution in [0.15, 0.2) is 71.6 Å². The highest BCUT2D eigenvalue weighted by atomic mass is 32.2. The first kappa shape index (κ1) is 25.6. The van der Waals surface area contributed by atoms with Gasteiger partial charge in [-0.1, -0.05) is 23.8 Å². The van der Waals surface area contributed by atoms with Gasteiger partial charge in [-0.2, -0.15) is 0 Å². The molecule has 0 saturated carbocycles. The second kappa shape index (κ2) is 10.9. The molecule has 0 bridgehead atoms. The van der Waals surface area contributed by atoms with Crippen LogP contribution in [0.1, 0.15) is 15.9 Å². The maximum atomic E-state index is 13.7. The zero-order chi connectivity index (χ0) is 25.6. The van der Waals surface area contributed by atoms with E-state index in [0.29, 0.717) is 11.4 Å². The number of rotatable bonds is 9. The molecule has 35 heavy (non-hydrogen) atoms. The van der Waals surface area contributed by atoms with Crippen molar-refractivity contribution in [1.82, 2.24) is 0 Å². The Bertz CT molecular complexity index is 1320. The maximum absolute atomic E-state index is 13.7. The molecular weight excluding hydrogens is 472 g/mol. The van der Waals surface area contributed by atoms with Crippen molar-refractivity contribution < 1.29 is 32.2 Å². The standard InChI is InChI=1S/C25H26N2O7S/c1-17-8-11-21(12-9-17)35(30,31)27(22-15-20(32-2)10-13-23(22)33-3)16-24(28)26-19-7-5-6-18(14-19)25(29)34-4/h5-15H,16H2,1-4H3,(H,26,28). The number of anilines is 2. The van der Waals surface area contributed by atoms with Crippen LogP contribution < -0.4 is 19.1 Å². The number of aryl methyl sites for hydroxylation is 1. The average molecular weight is 499 g/mol. The molecule has 0 heterocycles. The van der Waals surface area contributed by atoms with Gasteiger partial charge in [0.25, 0.3) is 10.0 Å². The van der Waals surface area contributed by atoms with Gasteiger partial charge >= 0.3 is 5.97 Å². The first-order chi connectivity index (χ1) is 16.7. The molecule has 0 aliphatic rings. The van der Waals surface area contributed by atoms with E-state index < -0.39 is 28.4 Å². The Kier molecular flexibility index (Phi) is 7.98. The number of hydrogen-bond donors (Lipinski definition) is 1. The second-order valence-corrected chi connectivity index (χ2v) is 9.35. The highest BCUT2D eigenvalue weighted by molar-refractivity contribution is 7.92. The minimum absolute atomic E-state index is 0.00783. The Hall–Kier alpha value is -4.05. The van der Waals surface area contributed by atoms with Gasteiger partial charge in [-0.3, -0.25) is 9.10 Å². The fraction of sp³-hybridized carbons (Fsp3) is 0.200. The third-order valence-corrected chi connectivity index (χ3v) is 6.89. The summed E-state index contributed by atoms with van der Waals surface area (Å²) < 4.78 is 43.7. The predicted molar refractivity (Wildman–Crippen MR) is 132 cm³/mol. The lowest BCUT2D eigenvalue weighted by molar-refractivity contribution is -0.114. The van der Waals surface area contributed by atoms with Gasteiger partial charge in [-0.05, 0) is 49.4 Å². The van der Waals surface area contributed by atoms with Crippen LogP contribution in [0.5, 0.6) is 11.5 Å². The van der Waals surface area contributed by atoms with E-state index in [9.17, 15) is 18.0 Å². The Morgan fingerprint density at radius 2 is 1.63 bits per heavy atom. The van der Waals surface area contributed by atoms with Gasteiger partial charge in [0.2, 0.25) is 5.91 Å². The van der Waals surface area contributed by atoms with Crippen molar-refractivity contribution in [1.29, 1.82) is 0 Å². The molecule has 0 aromatic heterocycles. The van der Waals surface area contributed by atoms with E-state index in [1.54, 1.807) is 36.4 Å². The van der Waals surface area contributed by atoms with Crippen LogP contribution in [0.3, 0.4) is 0 Å². The Morgan fingerprint density at radius 1 is 0.914 bits per heavy atom. The lowest BCUT2D eigenvalue weighted by Crippen LogP contribution is -2.38. The molecule has 0 fully saturated rings. The van der Waals surface area contributed by atoms with Crippen molar-refractivity contribution in [3.8, 4) is 11.5 Å². The molecule has 0 aliphatic carbocycles. The summed E-state index contributed by atoms with van der Waals surface area (Å²) in [4.78, 5) is 24.8. The van der Waals surface area contributed by atoms with E-state index >= 15 is 0 Å². The minimum Gasteiger partial charge on any atom is -0.497 e. The number of carbonyl (C=O) groups excluding carboxylic acids is 2. The Labute approximate surface area is 204 Å². The largest absolute Gasteiger partial charge is 0.497 e. The van der Waals surface area contributed by atoms with Crippen LogP contribution >= 0.6 is 0 Å². The smallest absolute Gasteiger partial charge is 0.337 e. The van der Waals surface area contributed by atoms with Gasteiger partial charge < -0.3 is 19.5 Å². The third-order valence-electron chi connectivity index (χ3n) is 5.12. The number of ether oxygens (including phenoxy) is 3. The van der Waals surface area contributed by atoms with Gasteiger partial charge in [-0.15, -0.1) is 0 Å². The number of hydrogen-bond acceptors (Lipinski definition) is 7. The molecule has 3 aromatic rings. The molecule has 1 N–H and O–H groups in total. The van der Waals surface area contributed by atoms with Crippen molar-refractivity contribution in [2.24, 2.45) is 0 Å².